The maximum Gasteiger partial charge on any atom is 0.338 e. The molecular weight excluding hydrogens is 813 g/mol. The van der Waals surface area contributed by atoms with Crippen molar-refractivity contribution in [3.05, 3.63) is 84.4 Å². The van der Waals surface area contributed by atoms with E-state index in [-0.39, 0.29) is 44.6 Å². The number of aromatic amines is 1. The van der Waals surface area contributed by atoms with Crippen LogP contribution in [0.1, 0.15) is 10.4 Å². The van der Waals surface area contributed by atoms with E-state index in [4.69, 9.17) is 4.55 Å². The quantitative estimate of drug-likeness (QED) is 0.0651. The van der Waals surface area contributed by atoms with E-state index in [0.29, 0.717) is 6.07 Å². The van der Waals surface area contributed by atoms with E-state index in [9.17, 15) is 62.3 Å². The van der Waals surface area contributed by atoms with Gasteiger partial charge in [0.15, 0.2) is 5.75 Å². The number of carboxylic acids is 1. The van der Waals surface area contributed by atoms with Crippen LogP contribution in [0, 0.1) is 0 Å². The second-order valence-corrected chi connectivity index (χ2v) is 16.8. The molecule has 0 bridgehead atoms. The highest BCUT2D eigenvalue weighted by Gasteiger charge is 2.27. The summed E-state index contributed by atoms with van der Waals surface area (Å²) in [7, 11) is -19.7. The monoisotopic (exact) mass is 832 g/mol. The molecule has 0 amide bonds. The topological polar surface area (TPSA) is 353 Å². The first-order valence-corrected chi connectivity index (χ1v) is 20.3. The second kappa shape index (κ2) is 13.7. The van der Waals surface area contributed by atoms with Crippen LogP contribution in [0.25, 0.3) is 33.2 Å². The highest BCUT2D eigenvalue weighted by atomic mass is 32.2. The maximum atomic E-state index is 12.4. The molecule has 0 aliphatic heterocycles. The molecule has 7 N–H and O–H groups in total. The Balaban J connectivity index is 1.46. The van der Waals surface area contributed by atoms with Gasteiger partial charge in [-0.3, -0.25) is 18.2 Å². The van der Waals surface area contributed by atoms with Crippen LogP contribution >= 0.6 is 0 Å². The first kappa shape index (κ1) is 38.7. The van der Waals surface area contributed by atoms with E-state index >= 15 is 0 Å². The van der Waals surface area contributed by atoms with E-state index in [1.54, 1.807) is 0 Å². The molecule has 0 unspecified atom stereocenters. The molecule has 0 radical (unpaired) electrons. The van der Waals surface area contributed by atoms with Crippen LogP contribution in [-0.4, -0.2) is 78.0 Å². The van der Waals surface area contributed by atoms with Gasteiger partial charge in [0.2, 0.25) is 0 Å². The zero-order chi connectivity index (χ0) is 40.2. The van der Waals surface area contributed by atoms with Crippen molar-refractivity contribution in [2.45, 2.75) is 19.6 Å². The SMILES string of the molecule is O=C(O)c1cc(N=Nc2ccc(S(=O)(=O)O)cc2)ccc1N=Nc1c(S(=O)(=O)O)cc2ccc3nc(-c4ccc(S(=O)(=O)O)cc4S(=O)(=O)O)[nH]c3c2c1O. The predicted octanol–water partition coefficient (Wildman–Crippen LogP) is 5.60. The fourth-order valence-corrected chi connectivity index (χ4v) is 7.59. The van der Waals surface area contributed by atoms with Gasteiger partial charge in [-0.1, -0.05) is 6.07 Å². The van der Waals surface area contributed by atoms with E-state index < -0.39 is 88.7 Å². The van der Waals surface area contributed by atoms with Crippen LogP contribution in [0.15, 0.2) is 119 Å². The van der Waals surface area contributed by atoms with Crippen LogP contribution in [0.2, 0.25) is 0 Å². The van der Waals surface area contributed by atoms with E-state index in [1.807, 2.05) is 0 Å². The fourth-order valence-electron chi connectivity index (χ4n) is 5.16. The van der Waals surface area contributed by atoms with Gasteiger partial charge in [0.25, 0.3) is 40.5 Å². The number of aromatic hydroxyl groups is 1. The summed E-state index contributed by atoms with van der Waals surface area (Å²) in [5.74, 6) is -2.80. The number of carbonyl (C=O) groups is 1. The maximum absolute atomic E-state index is 12.4. The number of aromatic carboxylic acids is 1. The summed E-state index contributed by atoms with van der Waals surface area (Å²) in [6, 6.07) is 13.6. The van der Waals surface area contributed by atoms with Crippen molar-refractivity contribution in [1.82, 2.24) is 9.97 Å². The predicted molar refractivity (Wildman–Crippen MR) is 188 cm³/mol. The lowest BCUT2D eigenvalue weighted by Crippen LogP contribution is -2.05. The summed E-state index contributed by atoms with van der Waals surface area (Å²) in [4.78, 5) is 15.9. The molecule has 0 saturated heterocycles. The number of benzene rings is 5. The van der Waals surface area contributed by atoms with Gasteiger partial charge in [-0.25, -0.2) is 9.78 Å². The Bertz CT molecular complexity index is 3130. The van der Waals surface area contributed by atoms with Crippen molar-refractivity contribution >= 4 is 91.0 Å². The average molecular weight is 833 g/mol. The molecule has 21 nitrogen and oxygen atoms in total. The lowest BCUT2D eigenvalue weighted by molar-refractivity contribution is 0.0697. The van der Waals surface area contributed by atoms with Gasteiger partial charge in [0.1, 0.15) is 27.0 Å². The van der Waals surface area contributed by atoms with E-state index in [2.05, 4.69) is 30.4 Å². The van der Waals surface area contributed by atoms with Gasteiger partial charge in [-0.2, -0.15) is 43.9 Å². The van der Waals surface area contributed by atoms with Crippen molar-refractivity contribution in [2.24, 2.45) is 20.5 Å². The van der Waals surface area contributed by atoms with Crippen molar-refractivity contribution < 1.29 is 66.9 Å². The van der Waals surface area contributed by atoms with Gasteiger partial charge in [-0.15, -0.1) is 10.2 Å². The highest BCUT2D eigenvalue weighted by Crippen LogP contribution is 2.44. The normalized spacial score (nSPS) is 13.0. The number of phenolic OH excluding ortho intramolecular Hbond substituents is 1. The Labute approximate surface area is 308 Å². The molecule has 1 heterocycles. The third-order valence-corrected chi connectivity index (χ3v) is 11.1. The number of H-pyrrole nitrogens is 1. The lowest BCUT2D eigenvalue weighted by Gasteiger charge is -2.10. The van der Waals surface area contributed by atoms with Crippen LogP contribution in [0.4, 0.5) is 22.7 Å². The second-order valence-electron chi connectivity index (χ2n) is 11.2. The van der Waals surface area contributed by atoms with Gasteiger partial charge in [0.05, 0.1) is 43.1 Å². The minimum absolute atomic E-state index is 0.00716. The van der Waals surface area contributed by atoms with E-state index in [1.165, 1.54) is 30.3 Å². The number of fused-ring (bicyclic) bond motifs is 3. The number of phenols is 1. The Hall–Kier alpha value is -6.06. The number of hydrogen-bond donors (Lipinski definition) is 7. The number of aromatic nitrogens is 2. The molecule has 284 valence electrons. The largest absolute Gasteiger partial charge is 0.505 e. The minimum atomic E-state index is -5.15. The molecule has 0 aliphatic rings. The van der Waals surface area contributed by atoms with Crippen LogP contribution in [0.3, 0.4) is 0 Å². The van der Waals surface area contributed by atoms with Crippen molar-refractivity contribution in [3.8, 4) is 17.1 Å². The number of hydrogen-bond acceptors (Lipinski definition) is 15. The smallest absolute Gasteiger partial charge is 0.338 e. The summed E-state index contributed by atoms with van der Waals surface area (Å²) in [5, 5.41) is 36.3. The average Bonchev–Trinajstić information content (AvgIpc) is 3.53. The molecule has 0 saturated carbocycles. The molecule has 6 aromatic rings. The molecule has 5 aromatic carbocycles. The van der Waals surface area contributed by atoms with Crippen molar-refractivity contribution in [3.63, 3.8) is 0 Å². The minimum Gasteiger partial charge on any atom is -0.505 e. The number of rotatable bonds is 10. The van der Waals surface area contributed by atoms with Crippen molar-refractivity contribution in [1.29, 1.82) is 0 Å². The molecule has 0 fully saturated rings. The Kier molecular flexibility index (Phi) is 9.60. The zero-order valence-electron chi connectivity index (χ0n) is 26.7. The van der Waals surface area contributed by atoms with Crippen LogP contribution in [-0.2, 0) is 40.5 Å². The molecule has 55 heavy (non-hydrogen) atoms. The standard InChI is InChI=1S/C30H20N6O15S4/c37-28-25-14(1-9-22-26(25)32-29(31-22)19-8-7-18(53(43,44)45)13-23(19)54(46,47)48)11-24(55(49,50)51)27(28)36-35-21-10-4-16(12-20(21)30(38)39)34-33-15-2-5-17(6-3-15)52(40,41)42/h1-13,37H,(H,31,32)(H,38,39)(H,40,41,42)(H,43,44,45)(H,46,47,48)(H,49,50,51). The van der Waals surface area contributed by atoms with Gasteiger partial charge in [0, 0.05) is 5.56 Å². The summed E-state index contributed by atoms with van der Waals surface area (Å²) in [5.41, 5.74) is -2.17. The fraction of sp³-hybridized carbons (Fsp3) is 0. The zero-order valence-corrected chi connectivity index (χ0v) is 30.0. The highest BCUT2D eigenvalue weighted by molar-refractivity contribution is 7.87. The Morgan fingerprint density at radius 3 is 1.82 bits per heavy atom. The first-order valence-electron chi connectivity index (χ1n) is 14.6. The molecule has 0 atom stereocenters. The van der Waals surface area contributed by atoms with Crippen LogP contribution < -0.4 is 0 Å². The Morgan fingerprint density at radius 2 is 1.22 bits per heavy atom. The molecule has 0 spiro atoms. The number of azo groups is 2. The molecule has 25 heteroatoms. The first-order chi connectivity index (χ1) is 25.5. The number of nitrogens with zero attached hydrogens (tertiary/aromatic N) is 5. The van der Waals surface area contributed by atoms with Crippen LogP contribution in [0.5, 0.6) is 5.75 Å². The number of nitrogens with one attached hydrogen (secondary N) is 1. The summed E-state index contributed by atoms with van der Waals surface area (Å²) < 4.78 is 133. The number of carboxylic acid groups (broad SMARTS) is 1. The van der Waals surface area contributed by atoms with Gasteiger partial charge >= 0.3 is 5.97 Å². The summed E-state index contributed by atoms with van der Waals surface area (Å²) in [6.07, 6.45) is 0. The molecule has 1 aromatic heterocycles. The number of imidazole rings is 1. The Morgan fingerprint density at radius 1 is 0.618 bits per heavy atom. The molecular formula is C30H20N6O15S4. The third kappa shape index (κ3) is 7.93. The lowest BCUT2D eigenvalue weighted by atomic mass is 10.1. The van der Waals surface area contributed by atoms with Gasteiger partial charge in [-0.05, 0) is 78.2 Å². The van der Waals surface area contributed by atoms with Gasteiger partial charge < -0.3 is 15.2 Å². The third-order valence-electron chi connectivity index (χ3n) is 7.62. The van der Waals surface area contributed by atoms with Crippen molar-refractivity contribution in [2.75, 3.05) is 0 Å². The summed E-state index contributed by atoms with van der Waals surface area (Å²) in [6.45, 7) is 0. The van der Waals surface area contributed by atoms with E-state index in [0.717, 1.165) is 42.5 Å². The summed E-state index contributed by atoms with van der Waals surface area (Å²) >= 11 is 0. The molecule has 0 aliphatic carbocycles. The molecule has 6 rings (SSSR count).